The number of rotatable bonds is 4. The van der Waals surface area contributed by atoms with Gasteiger partial charge in [-0.1, -0.05) is 6.07 Å². The first-order valence-electron chi connectivity index (χ1n) is 10.7. The van der Waals surface area contributed by atoms with Crippen LogP contribution in [0.5, 0.6) is 5.88 Å². The SMILES string of the molecule is Cc1ccnc(C(=O)N2CC3CC(Oc4ccc(C(F)(F)F)cn4)C2C3)c1-c1ccccn1. The molecule has 2 fully saturated rings. The first-order chi connectivity index (χ1) is 15.8. The van der Waals surface area contributed by atoms with E-state index in [0.29, 0.717) is 23.5 Å². The molecule has 0 radical (unpaired) electrons. The molecule has 3 aromatic rings. The van der Waals surface area contributed by atoms with Crippen LogP contribution >= 0.6 is 0 Å². The number of likely N-dealkylation sites (tertiary alicyclic amines) is 1. The number of nitrogens with zero attached hydrogens (tertiary/aromatic N) is 4. The maximum atomic E-state index is 13.6. The van der Waals surface area contributed by atoms with Crippen molar-refractivity contribution in [3.8, 4) is 17.1 Å². The molecule has 1 aliphatic carbocycles. The summed E-state index contributed by atoms with van der Waals surface area (Å²) >= 11 is 0. The highest BCUT2D eigenvalue weighted by molar-refractivity contribution is 5.99. The molecule has 0 spiro atoms. The Hall–Kier alpha value is -3.49. The number of carbonyl (C=O) groups is 1. The van der Waals surface area contributed by atoms with Crippen LogP contribution in [0.15, 0.2) is 55.0 Å². The van der Waals surface area contributed by atoms with E-state index < -0.39 is 11.7 Å². The van der Waals surface area contributed by atoms with Gasteiger partial charge in [-0.3, -0.25) is 14.8 Å². The van der Waals surface area contributed by atoms with E-state index in [1.54, 1.807) is 17.3 Å². The zero-order valence-corrected chi connectivity index (χ0v) is 17.8. The van der Waals surface area contributed by atoms with E-state index in [0.717, 1.165) is 30.7 Å². The molecule has 0 aromatic carbocycles. The molecule has 3 aromatic heterocycles. The summed E-state index contributed by atoms with van der Waals surface area (Å²) in [6.45, 7) is 2.52. The van der Waals surface area contributed by atoms with Crippen molar-refractivity contribution in [2.45, 2.75) is 38.1 Å². The van der Waals surface area contributed by atoms with Gasteiger partial charge in [0.25, 0.3) is 5.91 Å². The number of hydrogen-bond acceptors (Lipinski definition) is 5. The van der Waals surface area contributed by atoms with E-state index in [1.165, 1.54) is 6.07 Å². The summed E-state index contributed by atoms with van der Waals surface area (Å²) in [5.41, 5.74) is 1.79. The van der Waals surface area contributed by atoms with Crippen LogP contribution in [-0.4, -0.2) is 44.4 Å². The molecule has 2 aliphatic rings. The topological polar surface area (TPSA) is 68.2 Å². The number of hydrogen-bond donors (Lipinski definition) is 0. The molecule has 0 N–H and O–H groups in total. The minimum absolute atomic E-state index is 0.121. The molecule has 5 rings (SSSR count). The lowest BCUT2D eigenvalue weighted by molar-refractivity contribution is -0.137. The van der Waals surface area contributed by atoms with Crippen molar-refractivity contribution in [2.24, 2.45) is 5.92 Å². The molecule has 1 amide bonds. The second kappa shape index (κ2) is 8.13. The Morgan fingerprint density at radius 3 is 2.58 bits per heavy atom. The van der Waals surface area contributed by atoms with Crippen molar-refractivity contribution in [1.82, 2.24) is 19.9 Å². The van der Waals surface area contributed by atoms with Crippen LogP contribution in [0.1, 0.15) is 34.5 Å². The fourth-order valence-electron chi connectivity index (χ4n) is 4.79. The number of pyridine rings is 3. The number of alkyl halides is 3. The average molecular weight is 454 g/mol. The van der Waals surface area contributed by atoms with Crippen LogP contribution < -0.4 is 4.74 Å². The Morgan fingerprint density at radius 2 is 1.91 bits per heavy atom. The van der Waals surface area contributed by atoms with Crippen LogP contribution in [0.25, 0.3) is 11.3 Å². The van der Waals surface area contributed by atoms with Gasteiger partial charge in [0.1, 0.15) is 11.8 Å². The summed E-state index contributed by atoms with van der Waals surface area (Å²) in [6.07, 6.45) is 0.778. The molecule has 4 heterocycles. The first-order valence-corrected chi connectivity index (χ1v) is 10.7. The van der Waals surface area contributed by atoms with Crippen LogP contribution in [0.3, 0.4) is 0 Å². The predicted octanol–water partition coefficient (Wildman–Crippen LogP) is 4.55. The Bertz CT molecular complexity index is 1170. The standard InChI is InChI=1S/C24H21F3N4O2/c1-14-7-9-29-22(21(14)17-4-2-3-8-28-17)23(32)31-13-15-10-18(31)19(11-15)33-20-6-5-16(12-30-20)24(25,26)27/h2-9,12,15,18-19H,10-11,13H2,1H3. The van der Waals surface area contributed by atoms with Crippen LogP contribution in [0, 0.1) is 12.8 Å². The van der Waals surface area contributed by atoms with Gasteiger partial charge in [-0.2, -0.15) is 13.2 Å². The smallest absolute Gasteiger partial charge is 0.417 e. The van der Waals surface area contributed by atoms with Gasteiger partial charge in [0.05, 0.1) is 17.3 Å². The molecular formula is C24H21F3N4O2. The highest BCUT2D eigenvalue weighted by Gasteiger charge is 2.49. The summed E-state index contributed by atoms with van der Waals surface area (Å²) in [4.78, 5) is 28.0. The minimum Gasteiger partial charge on any atom is -0.472 e. The maximum absolute atomic E-state index is 13.6. The van der Waals surface area contributed by atoms with Crippen molar-refractivity contribution in [2.75, 3.05) is 6.54 Å². The Labute approximate surface area is 188 Å². The number of carbonyl (C=O) groups excluding carboxylic acids is 1. The lowest BCUT2D eigenvalue weighted by Gasteiger charge is -2.33. The summed E-state index contributed by atoms with van der Waals surface area (Å²) in [7, 11) is 0. The molecule has 1 aliphatic heterocycles. The Kier molecular flexibility index (Phi) is 5.26. The zero-order chi connectivity index (χ0) is 23.2. The van der Waals surface area contributed by atoms with Crippen LogP contribution in [-0.2, 0) is 6.18 Å². The van der Waals surface area contributed by atoms with Gasteiger partial charge in [-0.15, -0.1) is 0 Å². The lowest BCUT2D eigenvalue weighted by atomic mass is 10.0. The van der Waals surface area contributed by atoms with E-state index in [1.807, 2.05) is 31.2 Å². The van der Waals surface area contributed by atoms with Crippen LogP contribution in [0.4, 0.5) is 13.2 Å². The normalized spacial score (nSPS) is 21.9. The van der Waals surface area contributed by atoms with Gasteiger partial charge < -0.3 is 9.64 Å². The van der Waals surface area contributed by atoms with Gasteiger partial charge in [0.15, 0.2) is 0 Å². The van der Waals surface area contributed by atoms with Crippen molar-refractivity contribution in [3.05, 3.63) is 71.8 Å². The molecule has 3 atom stereocenters. The molecule has 2 bridgehead atoms. The number of amides is 1. The quantitative estimate of drug-likeness (QED) is 0.579. The summed E-state index contributed by atoms with van der Waals surface area (Å²) in [5.74, 6) is 0.192. The molecule has 1 saturated heterocycles. The van der Waals surface area contributed by atoms with Crippen molar-refractivity contribution >= 4 is 5.91 Å². The number of aromatic nitrogens is 3. The van der Waals surface area contributed by atoms with E-state index in [2.05, 4.69) is 15.0 Å². The summed E-state index contributed by atoms with van der Waals surface area (Å²) in [6, 6.07) is 9.36. The first kappa shape index (κ1) is 21.4. The van der Waals surface area contributed by atoms with Crippen molar-refractivity contribution in [1.29, 1.82) is 0 Å². The Morgan fingerprint density at radius 1 is 1.06 bits per heavy atom. The van der Waals surface area contributed by atoms with Gasteiger partial charge in [0, 0.05) is 36.8 Å². The third kappa shape index (κ3) is 4.03. The lowest BCUT2D eigenvalue weighted by Crippen LogP contribution is -2.47. The van der Waals surface area contributed by atoms with E-state index >= 15 is 0 Å². The summed E-state index contributed by atoms with van der Waals surface area (Å²) in [5, 5.41) is 0. The second-order valence-electron chi connectivity index (χ2n) is 8.47. The van der Waals surface area contributed by atoms with E-state index in [4.69, 9.17) is 4.74 Å². The second-order valence-corrected chi connectivity index (χ2v) is 8.47. The Balaban J connectivity index is 1.38. The van der Waals surface area contributed by atoms with Crippen molar-refractivity contribution in [3.63, 3.8) is 0 Å². The van der Waals surface area contributed by atoms with Crippen LogP contribution in [0.2, 0.25) is 0 Å². The molecular weight excluding hydrogens is 433 g/mol. The highest BCUT2D eigenvalue weighted by atomic mass is 19.4. The fraction of sp³-hybridized carbons (Fsp3) is 0.333. The monoisotopic (exact) mass is 454 g/mol. The number of aryl methyl sites for hydroxylation is 1. The third-order valence-electron chi connectivity index (χ3n) is 6.30. The molecule has 9 heteroatoms. The number of halogens is 3. The fourth-order valence-corrected chi connectivity index (χ4v) is 4.79. The molecule has 1 saturated carbocycles. The molecule has 170 valence electrons. The number of piperidine rings is 1. The highest BCUT2D eigenvalue weighted by Crippen LogP contribution is 2.41. The van der Waals surface area contributed by atoms with E-state index in [-0.39, 0.29) is 29.9 Å². The molecule has 33 heavy (non-hydrogen) atoms. The predicted molar refractivity (Wildman–Crippen MR) is 113 cm³/mol. The minimum atomic E-state index is -4.45. The van der Waals surface area contributed by atoms with Gasteiger partial charge >= 0.3 is 6.18 Å². The number of ether oxygens (including phenoxy) is 1. The third-order valence-corrected chi connectivity index (χ3v) is 6.30. The zero-order valence-electron chi connectivity index (χ0n) is 17.8. The molecule has 3 unspecified atom stereocenters. The number of fused-ring (bicyclic) bond motifs is 2. The summed E-state index contributed by atoms with van der Waals surface area (Å²) < 4.78 is 44.3. The average Bonchev–Trinajstić information content (AvgIpc) is 3.39. The van der Waals surface area contributed by atoms with Gasteiger partial charge in [-0.05, 0) is 55.5 Å². The van der Waals surface area contributed by atoms with E-state index in [9.17, 15) is 18.0 Å². The van der Waals surface area contributed by atoms with Gasteiger partial charge in [-0.25, -0.2) is 4.98 Å². The molecule has 6 nitrogen and oxygen atoms in total. The maximum Gasteiger partial charge on any atom is 0.417 e. The van der Waals surface area contributed by atoms with Crippen molar-refractivity contribution < 1.29 is 22.7 Å². The largest absolute Gasteiger partial charge is 0.472 e. The van der Waals surface area contributed by atoms with Gasteiger partial charge in [0.2, 0.25) is 5.88 Å².